The molecule has 1 aromatic rings. The largest absolute Gasteiger partial charge is 0.508 e. The molecule has 1 aromatic carbocycles. The van der Waals surface area contributed by atoms with Gasteiger partial charge in [-0.05, 0) is 49.4 Å². The van der Waals surface area contributed by atoms with Gasteiger partial charge in [-0.3, -0.25) is 0 Å². The zero-order valence-corrected chi connectivity index (χ0v) is 14.2. The van der Waals surface area contributed by atoms with Crippen molar-refractivity contribution in [3.05, 3.63) is 23.3 Å². The molecule has 2 N–H and O–H groups in total. The number of phenols is 1. The first-order valence-electron chi connectivity index (χ1n) is 7.90. The lowest BCUT2D eigenvalue weighted by Crippen LogP contribution is -2.58. The van der Waals surface area contributed by atoms with Gasteiger partial charge in [0.05, 0.1) is 6.10 Å². The highest BCUT2D eigenvalue weighted by Gasteiger charge is 2.49. The Hall–Kier alpha value is -1.22. The van der Waals surface area contributed by atoms with Crippen molar-refractivity contribution in [2.24, 2.45) is 11.3 Å². The van der Waals surface area contributed by atoms with E-state index in [4.69, 9.17) is 4.74 Å². The topological polar surface area (TPSA) is 41.5 Å². The zero-order chi connectivity index (χ0) is 15.8. The summed E-state index contributed by atoms with van der Waals surface area (Å²) in [5.74, 6) is 0.943. The molecule has 118 valence electrons. The molecule has 0 spiro atoms. The number of ether oxygens (including phenoxy) is 1. The number of hydrogen-bond acceptors (Lipinski definition) is 3. The molecule has 0 aromatic heterocycles. The highest BCUT2D eigenvalue weighted by molar-refractivity contribution is 5.57. The Balaban J connectivity index is 2.01. The van der Waals surface area contributed by atoms with Gasteiger partial charge < -0.3 is 15.2 Å². The lowest BCUT2D eigenvalue weighted by Gasteiger charge is -2.52. The molecule has 1 aliphatic rings. The maximum absolute atomic E-state index is 9.75. The number of benzene rings is 1. The molecule has 0 radical (unpaired) electrons. The second-order valence-corrected chi connectivity index (χ2v) is 7.42. The van der Waals surface area contributed by atoms with Gasteiger partial charge in [-0.15, -0.1) is 0 Å². The van der Waals surface area contributed by atoms with Gasteiger partial charge in [0.1, 0.15) is 5.75 Å². The van der Waals surface area contributed by atoms with E-state index in [1.54, 1.807) is 0 Å². The first kappa shape index (κ1) is 16.2. The number of aromatic hydroxyl groups is 1. The van der Waals surface area contributed by atoms with Gasteiger partial charge in [-0.25, -0.2) is 0 Å². The lowest BCUT2D eigenvalue weighted by molar-refractivity contribution is -0.108. The van der Waals surface area contributed by atoms with Crippen molar-refractivity contribution in [2.75, 3.05) is 11.9 Å². The minimum atomic E-state index is 0.132. The van der Waals surface area contributed by atoms with E-state index in [1.807, 2.05) is 26.0 Å². The van der Waals surface area contributed by atoms with Gasteiger partial charge in [0.25, 0.3) is 0 Å². The quantitative estimate of drug-likeness (QED) is 0.796. The summed E-state index contributed by atoms with van der Waals surface area (Å²) in [6.07, 6.45) is 1.37. The zero-order valence-electron chi connectivity index (χ0n) is 14.2. The second kappa shape index (κ2) is 5.88. The average Bonchev–Trinajstić information content (AvgIpc) is 2.38. The summed E-state index contributed by atoms with van der Waals surface area (Å²) in [5, 5.41) is 13.4. The number of hydrogen-bond donors (Lipinski definition) is 2. The van der Waals surface area contributed by atoms with Crippen molar-refractivity contribution in [1.82, 2.24) is 0 Å². The molecule has 0 amide bonds. The minimum Gasteiger partial charge on any atom is -0.508 e. The first-order chi connectivity index (χ1) is 9.71. The van der Waals surface area contributed by atoms with Crippen LogP contribution in [0.3, 0.4) is 0 Å². The van der Waals surface area contributed by atoms with Crippen LogP contribution in [0.4, 0.5) is 5.69 Å². The third-order valence-electron chi connectivity index (χ3n) is 4.68. The van der Waals surface area contributed by atoms with Crippen LogP contribution in [0.2, 0.25) is 0 Å². The maximum Gasteiger partial charge on any atom is 0.118 e. The third kappa shape index (κ3) is 3.34. The minimum absolute atomic E-state index is 0.132. The Morgan fingerprint density at radius 2 is 1.95 bits per heavy atom. The summed E-state index contributed by atoms with van der Waals surface area (Å²) in [4.78, 5) is 0. The fourth-order valence-electron chi connectivity index (χ4n) is 2.87. The van der Waals surface area contributed by atoms with Crippen molar-refractivity contribution in [3.63, 3.8) is 0 Å². The Bertz CT molecular complexity index is 508. The predicted octanol–water partition coefficient (Wildman–Crippen LogP) is 4.26. The lowest BCUT2D eigenvalue weighted by atomic mass is 9.64. The Kier molecular flexibility index (Phi) is 4.52. The van der Waals surface area contributed by atoms with Crippen molar-refractivity contribution in [1.29, 1.82) is 0 Å². The summed E-state index contributed by atoms with van der Waals surface area (Å²) < 4.78 is 6.02. The molecule has 1 saturated carbocycles. The molecular formula is C18H29NO2. The number of nitrogens with one attached hydrogen (secondary N) is 1. The van der Waals surface area contributed by atoms with Gasteiger partial charge in [0.15, 0.2) is 0 Å². The normalized spacial score (nSPS) is 24.0. The van der Waals surface area contributed by atoms with Crippen LogP contribution in [-0.2, 0) is 4.74 Å². The van der Waals surface area contributed by atoms with Crippen LogP contribution in [0.5, 0.6) is 5.75 Å². The fourth-order valence-corrected chi connectivity index (χ4v) is 2.87. The third-order valence-corrected chi connectivity index (χ3v) is 4.68. The van der Waals surface area contributed by atoms with Gasteiger partial charge in [0, 0.05) is 23.8 Å². The first-order valence-corrected chi connectivity index (χ1v) is 7.90. The Morgan fingerprint density at radius 3 is 2.52 bits per heavy atom. The highest BCUT2D eigenvalue weighted by Crippen LogP contribution is 2.45. The summed E-state index contributed by atoms with van der Waals surface area (Å²) in [5.41, 5.74) is 3.24. The van der Waals surface area contributed by atoms with E-state index in [9.17, 15) is 5.11 Å². The van der Waals surface area contributed by atoms with E-state index in [1.165, 1.54) is 0 Å². The Morgan fingerprint density at radius 1 is 1.29 bits per heavy atom. The molecule has 0 bridgehead atoms. The van der Waals surface area contributed by atoms with E-state index in [0.29, 0.717) is 23.8 Å². The van der Waals surface area contributed by atoms with E-state index in [0.717, 1.165) is 29.8 Å². The summed E-state index contributed by atoms with van der Waals surface area (Å²) in [6, 6.07) is 4.27. The van der Waals surface area contributed by atoms with Crippen LogP contribution >= 0.6 is 0 Å². The Labute approximate surface area is 128 Å². The van der Waals surface area contributed by atoms with E-state index >= 15 is 0 Å². The monoisotopic (exact) mass is 291 g/mol. The molecular weight excluding hydrogens is 262 g/mol. The molecule has 2 unspecified atom stereocenters. The summed E-state index contributed by atoms with van der Waals surface area (Å²) in [6.45, 7) is 13.7. The SMILES string of the molecule is Cc1cc(NC2CC(OCC(C)C)C2(C)C)c(C)cc1O. The molecule has 21 heavy (non-hydrogen) atoms. The summed E-state index contributed by atoms with van der Waals surface area (Å²) >= 11 is 0. The van der Waals surface area contributed by atoms with Gasteiger partial charge in [-0.1, -0.05) is 27.7 Å². The fraction of sp³-hybridized carbons (Fsp3) is 0.667. The highest BCUT2D eigenvalue weighted by atomic mass is 16.5. The predicted molar refractivity (Wildman–Crippen MR) is 88.0 cm³/mol. The van der Waals surface area contributed by atoms with Crippen LogP contribution < -0.4 is 5.32 Å². The summed E-state index contributed by atoms with van der Waals surface area (Å²) in [7, 11) is 0. The molecule has 1 fully saturated rings. The van der Waals surface area contributed by atoms with Crippen molar-refractivity contribution in [2.45, 2.75) is 60.1 Å². The molecule has 2 atom stereocenters. The molecule has 0 aliphatic heterocycles. The van der Waals surface area contributed by atoms with Gasteiger partial charge in [0.2, 0.25) is 0 Å². The number of anilines is 1. The molecule has 1 aliphatic carbocycles. The average molecular weight is 291 g/mol. The van der Waals surface area contributed by atoms with Crippen molar-refractivity contribution >= 4 is 5.69 Å². The van der Waals surface area contributed by atoms with Crippen molar-refractivity contribution in [3.8, 4) is 5.75 Å². The molecule has 0 heterocycles. The van der Waals surface area contributed by atoms with E-state index < -0.39 is 0 Å². The molecule has 2 rings (SSSR count). The van der Waals surface area contributed by atoms with Crippen LogP contribution in [0.15, 0.2) is 12.1 Å². The van der Waals surface area contributed by atoms with Crippen LogP contribution in [0, 0.1) is 25.2 Å². The standard InChI is InChI=1S/C18H29NO2/c1-11(2)10-21-17-9-16(18(17,5)6)19-14-7-13(4)15(20)8-12(14)3/h7-8,11,16-17,19-20H,9-10H2,1-6H3. The molecule has 3 nitrogen and oxygen atoms in total. The number of rotatable bonds is 5. The smallest absolute Gasteiger partial charge is 0.118 e. The maximum atomic E-state index is 9.75. The molecule has 0 saturated heterocycles. The van der Waals surface area contributed by atoms with Crippen molar-refractivity contribution < 1.29 is 9.84 Å². The molecule has 3 heteroatoms. The number of phenolic OH excluding ortho intramolecular Hbond substituents is 1. The van der Waals surface area contributed by atoms with Crippen LogP contribution in [-0.4, -0.2) is 23.9 Å². The van der Waals surface area contributed by atoms with Gasteiger partial charge >= 0.3 is 0 Å². The van der Waals surface area contributed by atoms with Crippen LogP contribution in [0.25, 0.3) is 0 Å². The van der Waals surface area contributed by atoms with Crippen LogP contribution in [0.1, 0.15) is 45.2 Å². The van der Waals surface area contributed by atoms with E-state index in [2.05, 4.69) is 33.0 Å². The van der Waals surface area contributed by atoms with E-state index in [-0.39, 0.29) is 5.41 Å². The number of aryl methyl sites for hydroxylation is 2. The second-order valence-electron chi connectivity index (χ2n) is 7.42. The van der Waals surface area contributed by atoms with Gasteiger partial charge in [-0.2, -0.15) is 0 Å².